The van der Waals surface area contributed by atoms with E-state index in [-0.39, 0.29) is 25.2 Å². The number of amides is 2. The van der Waals surface area contributed by atoms with E-state index < -0.39 is 12.1 Å². The molecular weight excluding hydrogens is 450 g/mol. The van der Waals surface area contributed by atoms with Gasteiger partial charge in [0.2, 0.25) is 5.91 Å². The van der Waals surface area contributed by atoms with Crippen molar-refractivity contribution in [2.75, 3.05) is 12.3 Å². The number of halogens is 1. The van der Waals surface area contributed by atoms with Crippen LogP contribution in [0.15, 0.2) is 65.7 Å². The summed E-state index contributed by atoms with van der Waals surface area (Å²) in [6.07, 6.45) is 1.27. The Bertz CT molecular complexity index is 925. The molecule has 0 saturated carbocycles. The van der Waals surface area contributed by atoms with E-state index in [9.17, 15) is 9.59 Å². The monoisotopic (exact) mass is 475 g/mol. The summed E-state index contributed by atoms with van der Waals surface area (Å²) < 4.78 is 5.29. The van der Waals surface area contributed by atoms with Gasteiger partial charge < -0.3 is 15.4 Å². The molecule has 1 heterocycles. The molecule has 0 radical (unpaired) electrons. The molecule has 9 heteroatoms. The maximum atomic E-state index is 12.9. The van der Waals surface area contributed by atoms with Gasteiger partial charge in [0.1, 0.15) is 18.8 Å². The molecule has 170 valence electrons. The van der Waals surface area contributed by atoms with Crippen LogP contribution in [-0.2, 0) is 27.4 Å². The lowest BCUT2D eigenvalue weighted by Gasteiger charge is -2.19. The van der Waals surface area contributed by atoms with Crippen molar-refractivity contribution in [1.82, 2.24) is 16.1 Å². The van der Waals surface area contributed by atoms with Crippen LogP contribution in [0.25, 0.3) is 0 Å². The predicted molar refractivity (Wildman–Crippen MR) is 126 cm³/mol. The maximum Gasteiger partial charge on any atom is 0.408 e. The van der Waals surface area contributed by atoms with E-state index in [0.717, 1.165) is 21.9 Å². The minimum Gasteiger partial charge on any atom is -0.445 e. The zero-order valence-electron chi connectivity index (χ0n) is 17.7. The highest BCUT2D eigenvalue weighted by molar-refractivity contribution is 8.02. The molecule has 2 amide bonds. The summed E-state index contributed by atoms with van der Waals surface area (Å²) in [7, 11) is 0. The molecule has 32 heavy (non-hydrogen) atoms. The first-order chi connectivity index (χ1) is 15.5. The zero-order valence-corrected chi connectivity index (χ0v) is 19.2. The number of ether oxygens (including phenoxy) is 1. The Morgan fingerprint density at radius 1 is 1.16 bits per heavy atom. The van der Waals surface area contributed by atoms with E-state index in [1.54, 1.807) is 23.9 Å². The number of carbonyl (C=O) groups excluding carboxylic acids is 2. The minimum absolute atomic E-state index is 0.117. The lowest BCUT2D eigenvalue weighted by atomic mass is 10.1. The molecule has 0 fully saturated rings. The summed E-state index contributed by atoms with van der Waals surface area (Å²) in [5.74, 6) is 0.588. The molecular formula is C23H26ClN3O4S. The topological polar surface area (TPSA) is 88.7 Å². The molecule has 2 atom stereocenters. The third-order valence-corrected chi connectivity index (χ3v) is 5.67. The van der Waals surface area contributed by atoms with E-state index in [4.69, 9.17) is 21.2 Å². The van der Waals surface area contributed by atoms with E-state index in [1.807, 2.05) is 55.5 Å². The largest absolute Gasteiger partial charge is 0.445 e. The van der Waals surface area contributed by atoms with Crippen molar-refractivity contribution in [3.8, 4) is 0 Å². The lowest BCUT2D eigenvalue weighted by Crippen LogP contribution is -2.49. The summed E-state index contributed by atoms with van der Waals surface area (Å²) in [6.45, 7) is 2.44. The van der Waals surface area contributed by atoms with Gasteiger partial charge in [-0.05, 0) is 35.1 Å². The van der Waals surface area contributed by atoms with Gasteiger partial charge in [0.05, 0.1) is 11.6 Å². The number of thioether (sulfide) groups is 1. The van der Waals surface area contributed by atoms with Gasteiger partial charge in [0.25, 0.3) is 0 Å². The maximum absolute atomic E-state index is 12.9. The van der Waals surface area contributed by atoms with Crippen LogP contribution in [0.1, 0.15) is 18.1 Å². The molecule has 0 bridgehead atoms. The second-order valence-corrected chi connectivity index (χ2v) is 8.80. The van der Waals surface area contributed by atoms with Gasteiger partial charge in [-0.1, -0.05) is 61.0 Å². The van der Waals surface area contributed by atoms with E-state index in [1.165, 1.54) is 0 Å². The van der Waals surface area contributed by atoms with E-state index in [0.29, 0.717) is 11.4 Å². The Balaban J connectivity index is 1.58. The average molecular weight is 476 g/mol. The zero-order chi connectivity index (χ0) is 22.8. The number of alkyl carbamates (subject to hydrolysis) is 1. The summed E-state index contributed by atoms with van der Waals surface area (Å²) >= 11 is 7.58. The summed E-state index contributed by atoms with van der Waals surface area (Å²) in [6, 6.07) is 15.7. The van der Waals surface area contributed by atoms with Crippen LogP contribution in [0.2, 0.25) is 5.02 Å². The molecule has 0 spiro atoms. The summed E-state index contributed by atoms with van der Waals surface area (Å²) in [5.41, 5.74) is 4.56. The van der Waals surface area contributed by atoms with Crippen molar-refractivity contribution in [2.24, 2.45) is 0 Å². The fraction of sp³-hybridized carbons (Fsp3) is 0.304. The number of benzene rings is 2. The van der Waals surface area contributed by atoms with Gasteiger partial charge in [-0.15, -0.1) is 11.8 Å². The Morgan fingerprint density at radius 2 is 1.91 bits per heavy atom. The molecule has 1 aliphatic heterocycles. The van der Waals surface area contributed by atoms with Crippen molar-refractivity contribution in [3.63, 3.8) is 0 Å². The average Bonchev–Trinajstić information content (AvgIpc) is 3.25. The first-order valence-electron chi connectivity index (χ1n) is 10.3. The van der Waals surface area contributed by atoms with E-state index >= 15 is 0 Å². The van der Waals surface area contributed by atoms with Crippen LogP contribution in [0.4, 0.5) is 4.79 Å². The Kier molecular flexibility index (Phi) is 9.27. The second-order valence-electron chi connectivity index (χ2n) is 7.06. The first kappa shape index (κ1) is 24.0. The van der Waals surface area contributed by atoms with Crippen molar-refractivity contribution in [3.05, 3.63) is 81.9 Å². The summed E-state index contributed by atoms with van der Waals surface area (Å²) in [5, 5.41) is 7.04. The van der Waals surface area contributed by atoms with Crippen LogP contribution >= 0.6 is 23.4 Å². The number of carbonyl (C=O) groups is 2. The number of hydrogen-bond acceptors (Lipinski definition) is 6. The van der Waals surface area contributed by atoms with Gasteiger partial charge in [0.15, 0.2) is 0 Å². The van der Waals surface area contributed by atoms with Gasteiger partial charge in [-0.3, -0.25) is 15.1 Å². The van der Waals surface area contributed by atoms with Gasteiger partial charge in [-0.25, -0.2) is 4.79 Å². The Hall–Kier alpha value is -2.68. The highest BCUT2D eigenvalue weighted by Crippen LogP contribution is 2.18. The van der Waals surface area contributed by atoms with Crippen LogP contribution in [0, 0.1) is 0 Å². The SMILES string of the molecule is CCSC1=CC(CNC(=O)[C@H](Cc2ccc(Cl)cc2)NC(=O)OCc2ccccc2)ON1. The minimum atomic E-state index is -0.817. The molecule has 1 aliphatic rings. The second kappa shape index (κ2) is 12.4. The molecule has 7 nitrogen and oxygen atoms in total. The highest BCUT2D eigenvalue weighted by Gasteiger charge is 2.24. The third-order valence-electron chi connectivity index (χ3n) is 4.60. The van der Waals surface area contributed by atoms with Crippen LogP contribution in [0.5, 0.6) is 0 Å². The number of hydrogen-bond donors (Lipinski definition) is 3. The number of rotatable bonds is 10. The third kappa shape index (κ3) is 7.78. The molecule has 0 aliphatic carbocycles. The van der Waals surface area contributed by atoms with Gasteiger partial charge in [-0.2, -0.15) is 0 Å². The van der Waals surface area contributed by atoms with Crippen LogP contribution in [-0.4, -0.2) is 36.4 Å². The van der Waals surface area contributed by atoms with Gasteiger partial charge in [0, 0.05) is 11.4 Å². The molecule has 3 N–H and O–H groups in total. The van der Waals surface area contributed by atoms with Crippen LogP contribution < -0.4 is 16.1 Å². The quantitative estimate of drug-likeness (QED) is 0.484. The number of nitrogens with one attached hydrogen (secondary N) is 3. The molecule has 2 aromatic carbocycles. The van der Waals surface area contributed by atoms with E-state index in [2.05, 4.69) is 16.1 Å². The Morgan fingerprint density at radius 3 is 2.62 bits per heavy atom. The predicted octanol–water partition coefficient (Wildman–Crippen LogP) is 3.79. The molecule has 1 unspecified atom stereocenters. The first-order valence-corrected chi connectivity index (χ1v) is 11.7. The molecule has 0 aromatic heterocycles. The van der Waals surface area contributed by atoms with Gasteiger partial charge >= 0.3 is 6.09 Å². The molecule has 0 saturated heterocycles. The van der Waals surface area contributed by atoms with Crippen molar-refractivity contribution in [2.45, 2.75) is 32.1 Å². The Labute approximate surface area is 196 Å². The van der Waals surface area contributed by atoms with Crippen molar-refractivity contribution in [1.29, 1.82) is 0 Å². The lowest BCUT2D eigenvalue weighted by molar-refractivity contribution is -0.123. The number of hydroxylamine groups is 1. The molecule has 3 rings (SSSR count). The summed E-state index contributed by atoms with van der Waals surface area (Å²) in [4.78, 5) is 30.7. The fourth-order valence-corrected chi connectivity index (χ4v) is 3.79. The highest BCUT2D eigenvalue weighted by atomic mass is 35.5. The smallest absolute Gasteiger partial charge is 0.408 e. The molecule has 2 aromatic rings. The van der Waals surface area contributed by atoms with Crippen molar-refractivity contribution >= 4 is 35.4 Å². The standard InChI is InChI=1S/C23H26ClN3O4S/c1-2-32-21-13-19(31-27-21)14-25-22(28)20(12-16-8-10-18(24)11-9-16)26-23(29)30-15-17-6-4-3-5-7-17/h3-11,13,19-20,27H,2,12,14-15H2,1H3,(H,25,28)(H,26,29)/t19?,20-/m0/s1. The van der Waals surface area contributed by atoms with Crippen molar-refractivity contribution < 1.29 is 19.2 Å². The van der Waals surface area contributed by atoms with Crippen LogP contribution in [0.3, 0.4) is 0 Å². The fourth-order valence-electron chi connectivity index (χ4n) is 3.00. The normalized spacial score (nSPS) is 15.9.